The topological polar surface area (TPSA) is 50.1 Å². The van der Waals surface area contributed by atoms with Crippen LogP contribution in [0, 0.1) is 14.9 Å². The molecule has 78 valence electrons. The average molecular weight is 380 g/mol. The lowest BCUT2D eigenvalue weighted by Gasteiger charge is -2.07. The molecule has 1 aromatic carbocycles. The SMILES string of the molecule is COc1cc(I)cc(C(=O)CBr)c1C#N. The van der Waals surface area contributed by atoms with Crippen LogP contribution in [0.4, 0.5) is 0 Å². The van der Waals surface area contributed by atoms with Crippen molar-refractivity contribution < 1.29 is 9.53 Å². The van der Waals surface area contributed by atoms with Crippen LogP contribution in [0.25, 0.3) is 0 Å². The molecule has 0 aliphatic carbocycles. The molecule has 0 fully saturated rings. The summed E-state index contributed by atoms with van der Waals surface area (Å²) in [6, 6.07) is 5.40. The van der Waals surface area contributed by atoms with Crippen molar-refractivity contribution in [1.82, 2.24) is 0 Å². The Hall–Kier alpha value is -0.610. The summed E-state index contributed by atoms with van der Waals surface area (Å²) in [6.45, 7) is 0. The number of methoxy groups -OCH3 is 1. The van der Waals surface area contributed by atoms with Gasteiger partial charge in [0.25, 0.3) is 0 Å². The van der Waals surface area contributed by atoms with E-state index in [1.165, 1.54) is 7.11 Å². The molecule has 0 aromatic heterocycles. The number of hydrogen-bond acceptors (Lipinski definition) is 3. The van der Waals surface area contributed by atoms with E-state index in [0.717, 1.165) is 3.57 Å². The highest BCUT2D eigenvalue weighted by molar-refractivity contribution is 14.1. The van der Waals surface area contributed by atoms with Gasteiger partial charge in [-0.1, -0.05) is 15.9 Å². The maximum atomic E-state index is 11.6. The van der Waals surface area contributed by atoms with Crippen LogP contribution in [-0.4, -0.2) is 18.2 Å². The summed E-state index contributed by atoms with van der Waals surface area (Å²) >= 11 is 5.16. The molecule has 3 nitrogen and oxygen atoms in total. The molecule has 0 radical (unpaired) electrons. The summed E-state index contributed by atoms with van der Waals surface area (Å²) in [7, 11) is 1.48. The molecule has 1 aromatic rings. The highest BCUT2D eigenvalue weighted by Crippen LogP contribution is 2.25. The molecule has 0 saturated carbocycles. The minimum Gasteiger partial charge on any atom is -0.495 e. The molecule has 0 N–H and O–H groups in total. The Morgan fingerprint density at radius 2 is 2.33 bits per heavy atom. The van der Waals surface area contributed by atoms with Gasteiger partial charge in [-0.15, -0.1) is 0 Å². The molecule has 0 bridgehead atoms. The largest absolute Gasteiger partial charge is 0.495 e. The summed E-state index contributed by atoms with van der Waals surface area (Å²) < 4.78 is 5.93. The Morgan fingerprint density at radius 3 is 2.80 bits per heavy atom. The normalized spacial score (nSPS) is 9.47. The fourth-order valence-electron chi connectivity index (χ4n) is 1.15. The van der Waals surface area contributed by atoms with Crippen molar-refractivity contribution in [2.75, 3.05) is 12.4 Å². The number of carbonyl (C=O) groups excluding carboxylic acids is 1. The van der Waals surface area contributed by atoms with Crippen LogP contribution < -0.4 is 4.74 Å². The van der Waals surface area contributed by atoms with Crippen molar-refractivity contribution >= 4 is 44.3 Å². The van der Waals surface area contributed by atoms with Gasteiger partial charge in [0.15, 0.2) is 5.78 Å². The Balaban J connectivity index is 3.43. The monoisotopic (exact) mass is 379 g/mol. The molecule has 0 amide bonds. The van der Waals surface area contributed by atoms with Crippen LogP contribution in [0.3, 0.4) is 0 Å². The number of halogens is 2. The van der Waals surface area contributed by atoms with Gasteiger partial charge in [-0.3, -0.25) is 4.79 Å². The number of nitriles is 1. The van der Waals surface area contributed by atoms with Crippen molar-refractivity contribution in [2.24, 2.45) is 0 Å². The minimum atomic E-state index is -0.122. The van der Waals surface area contributed by atoms with Gasteiger partial charge in [0, 0.05) is 9.13 Å². The van der Waals surface area contributed by atoms with Crippen LogP contribution in [-0.2, 0) is 0 Å². The summed E-state index contributed by atoms with van der Waals surface area (Å²) in [5.41, 5.74) is 0.695. The van der Waals surface area contributed by atoms with Gasteiger partial charge in [0.05, 0.1) is 12.4 Å². The van der Waals surface area contributed by atoms with E-state index in [-0.39, 0.29) is 11.1 Å². The smallest absolute Gasteiger partial charge is 0.174 e. The van der Waals surface area contributed by atoms with E-state index < -0.39 is 0 Å². The van der Waals surface area contributed by atoms with E-state index in [4.69, 9.17) is 10.00 Å². The van der Waals surface area contributed by atoms with Gasteiger partial charge >= 0.3 is 0 Å². The molecular formula is C10H7BrINO2. The van der Waals surface area contributed by atoms with Crippen LogP contribution in [0.2, 0.25) is 0 Å². The molecule has 0 unspecified atom stereocenters. The van der Waals surface area contributed by atoms with Crippen LogP contribution >= 0.6 is 38.5 Å². The predicted molar refractivity (Wildman–Crippen MR) is 68.6 cm³/mol. The fraction of sp³-hybridized carbons (Fsp3) is 0.200. The minimum absolute atomic E-state index is 0.122. The van der Waals surface area contributed by atoms with Crippen molar-refractivity contribution in [2.45, 2.75) is 0 Å². The third kappa shape index (κ3) is 2.69. The molecule has 0 heterocycles. The van der Waals surface area contributed by atoms with Crippen molar-refractivity contribution in [1.29, 1.82) is 5.26 Å². The standard InChI is InChI=1S/C10H7BrINO2/c1-15-10-3-6(12)2-7(8(10)5-13)9(14)4-11/h2-3H,4H2,1H3. The molecule has 1 rings (SSSR count). The fourth-order valence-corrected chi connectivity index (χ4v) is 2.05. The number of nitrogens with zero attached hydrogens (tertiary/aromatic N) is 1. The second-order valence-corrected chi connectivity index (χ2v) is 4.51. The number of alkyl halides is 1. The first-order valence-electron chi connectivity index (χ1n) is 4.00. The quantitative estimate of drug-likeness (QED) is 0.461. The summed E-state index contributed by atoms with van der Waals surface area (Å²) in [5, 5.41) is 9.17. The van der Waals surface area contributed by atoms with E-state index in [9.17, 15) is 4.79 Å². The number of benzene rings is 1. The number of ketones is 1. The van der Waals surface area contributed by atoms with E-state index in [1.54, 1.807) is 12.1 Å². The number of Topliss-reactive ketones (excluding diaryl/α,β-unsaturated/α-hetero) is 1. The number of carbonyl (C=O) groups is 1. The lowest BCUT2D eigenvalue weighted by atomic mass is 10.0. The number of rotatable bonds is 3. The molecule has 0 saturated heterocycles. The van der Waals surface area contributed by atoms with Gasteiger partial charge in [0.1, 0.15) is 17.4 Å². The molecular weight excluding hydrogens is 373 g/mol. The first kappa shape index (κ1) is 12.5. The van der Waals surface area contributed by atoms with E-state index in [1.807, 2.05) is 6.07 Å². The van der Waals surface area contributed by atoms with Crippen molar-refractivity contribution in [3.63, 3.8) is 0 Å². The Labute approximate surface area is 110 Å². The molecule has 0 aliphatic rings. The van der Waals surface area contributed by atoms with Crippen molar-refractivity contribution in [3.8, 4) is 11.8 Å². The van der Waals surface area contributed by atoms with Crippen molar-refractivity contribution in [3.05, 3.63) is 26.8 Å². The van der Waals surface area contributed by atoms with Gasteiger partial charge in [0.2, 0.25) is 0 Å². The zero-order valence-corrected chi connectivity index (χ0v) is 11.6. The van der Waals surface area contributed by atoms with Crippen LogP contribution in [0.15, 0.2) is 12.1 Å². The zero-order valence-electron chi connectivity index (χ0n) is 7.88. The Kier molecular flexibility index (Phi) is 4.54. The highest BCUT2D eigenvalue weighted by atomic mass is 127. The third-order valence-corrected chi connectivity index (χ3v) is 2.95. The summed E-state index contributed by atoms with van der Waals surface area (Å²) in [4.78, 5) is 11.6. The Bertz CT molecular complexity index is 440. The maximum absolute atomic E-state index is 11.6. The zero-order chi connectivity index (χ0) is 11.4. The Morgan fingerprint density at radius 1 is 1.67 bits per heavy atom. The maximum Gasteiger partial charge on any atom is 0.174 e. The molecule has 5 heteroatoms. The highest BCUT2D eigenvalue weighted by Gasteiger charge is 2.15. The number of hydrogen-bond donors (Lipinski definition) is 0. The van der Waals surface area contributed by atoms with Gasteiger partial charge in [-0.25, -0.2) is 0 Å². The van der Waals surface area contributed by atoms with Crippen LogP contribution in [0.5, 0.6) is 5.75 Å². The molecule has 0 aliphatic heterocycles. The van der Waals surface area contributed by atoms with Gasteiger partial charge < -0.3 is 4.74 Å². The molecule has 0 spiro atoms. The van der Waals surface area contributed by atoms with E-state index in [2.05, 4.69) is 38.5 Å². The van der Waals surface area contributed by atoms with E-state index >= 15 is 0 Å². The lowest BCUT2D eigenvalue weighted by Crippen LogP contribution is -2.05. The molecule has 0 atom stereocenters. The number of ether oxygens (including phenoxy) is 1. The second-order valence-electron chi connectivity index (χ2n) is 2.70. The lowest BCUT2D eigenvalue weighted by molar-refractivity contribution is 0.102. The second kappa shape index (κ2) is 5.47. The molecule has 15 heavy (non-hydrogen) atoms. The van der Waals surface area contributed by atoms with E-state index in [0.29, 0.717) is 16.9 Å². The summed E-state index contributed by atoms with van der Waals surface area (Å²) in [6.07, 6.45) is 0. The average Bonchev–Trinajstić information content (AvgIpc) is 2.26. The van der Waals surface area contributed by atoms with Gasteiger partial charge in [-0.05, 0) is 34.7 Å². The first-order valence-corrected chi connectivity index (χ1v) is 6.20. The van der Waals surface area contributed by atoms with Crippen LogP contribution in [0.1, 0.15) is 15.9 Å². The predicted octanol–water partition coefficient (Wildman–Crippen LogP) is 2.75. The first-order chi connectivity index (χ1) is 7.13. The summed E-state index contributed by atoms with van der Waals surface area (Å²) in [5.74, 6) is 0.317. The third-order valence-electron chi connectivity index (χ3n) is 1.82. The van der Waals surface area contributed by atoms with Gasteiger partial charge in [-0.2, -0.15) is 5.26 Å².